The van der Waals surface area contributed by atoms with Gasteiger partial charge in [-0.25, -0.2) is 0 Å². The average Bonchev–Trinajstić information content (AvgIpc) is 3.25. The van der Waals surface area contributed by atoms with Crippen LogP contribution in [0.25, 0.3) is 0 Å². The number of methoxy groups -OCH3 is 1. The zero-order chi connectivity index (χ0) is 16.1. The van der Waals surface area contributed by atoms with E-state index in [1.54, 1.807) is 13.2 Å². The Balaban J connectivity index is 1.52. The Kier molecular flexibility index (Phi) is 4.98. The summed E-state index contributed by atoms with van der Waals surface area (Å²) in [5.41, 5.74) is 1.02. The number of hydrogen-bond donors (Lipinski definition) is 1. The van der Waals surface area contributed by atoms with Crippen LogP contribution in [0.1, 0.15) is 34.7 Å². The second-order valence-corrected chi connectivity index (χ2v) is 5.78. The van der Waals surface area contributed by atoms with Gasteiger partial charge in [0.1, 0.15) is 11.5 Å². The topological polar surface area (TPSA) is 54.7 Å². The van der Waals surface area contributed by atoms with E-state index in [-0.39, 0.29) is 5.91 Å². The Labute approximate surface area is 136 Å². The Bertz CT molecular complexity index is 643. The zero-order valence-corrected chi connectivity index (χ0v) is 13.4. The summed E-state index contributed by atoms with van der Waals surface area (Å²) < 4.78 is 10.8. The van der Waals surface area contributed by atoms with E-state index in [0.717, 1.165) is 36.7 Å². The third-order valence-electron chi connectivity index (χ3n) is 4.08. The molecule has 5 nitrogen and oxygen atoms in total. The number of nitrogens with zero attached hydrogens (tertiary/aromatic N) is 1. The highest BCUT2D eigenvalue weighted by Gasteiger charge is 2.16. The van der Waals surface area contributed by atoms with Crippen LogP contribution in [0.15, 0.2) is 40.8 Å². The highest BCUT2D eigenvalue weighted by Crippen LogP contribution is 2.15. The van der Waals surface area contributed by atoms with E-state index < -0.39 is 0 Å². The Morgan fingerprint density at radius 2 is 1.91 bits per heavy atom. The molecule has 1 saturated heterocycles. The van der Waals surface area contributed by atoms with E-state index in [1.165, 1.54) is 12.8 Å². The monoisotopic (exact) mass is 314 g/mol. The number of hydrogen-bond acceptors (Lipinski definition) is 4. The van der Waals surface area contributed by atoms with Gasteiger partial charge >= 0.3 is 0 Å². The van der Waals surface area contributed by atoms with E-state index in [0.29, 0.717) is 12.3 Å². The third-order valence-corrected chi connectivity index (χ3v) is 4.08. The van der Waals surface area contributed by atoms with Gasteiger partial charge in [0.25, 0.3) is 5.91 Å². The second kappa shape index (κ2) is 7.33. The van der Waals surface area contributed by atoms with Crippen LogP contribution in [0.2, 0.25) is 0 Å². The first-order valence-corrected chi connectivity index (χ1v) is 7.97. The summed E-state index contributed by atoms with van der Waals surface area (Å²) in [6, 6.07) is 11.3. The molecule has 1 amide bonds. The van der Waals surface area contributed by atoms with Crippen molar-refractivity contribution in [2.24, 2.45) is 0 Å². The lowest BCUT2D eigenvalue weighted by Crippen LogP contribution is -2.22. The number of carbonyl (C=O) groups excluding carboxylic acids is 1. The largest absolute Gasteiger partial charge is 0.497 e. The molecule has 0 unspecified atom stereocenters. The molecule has 1 N–H and O–H groups in total. The number of carbonyl (C=O) groups is 1. The number of furan rings is 1. The van der Waals surface area contributed by atoms with Crippen LogP contribution < -0.4 is 10.1 Å². The molecule has 0 aliphatic carbocycles. The summed E-state index contributed by atoms with van der Waals surface area (Å²) in [4.78, 5) is 14.5. The third kappa shape index (κ3) is 4.13. The van der Waals surface area contributed by atoms with Crippen molar-refractivity contribution in [2.75, 3.05) is 20.2 Å². The molecule has 1 fully saturated rings. The van der Waals surface area contributed by atoms with Crippen molar-refractivity contribution in [2.45, 2.75) is 25.9 Å². The van der Waals surface area contributed by atoms with Crippen molar-refractivity contribution in [3.63, 3.8) is 0 Å². The first-order chi connectivity index (χ1) is 11.2. The van der Waals surface area contributed by atoms with Crippen LogP contribution >= 0.6 is 0 Å². The number of benzene rings is 1. The molecule has 23 heavy (non-hydrogen) atoms. The smallest absolute Gasteiger partial charge is 0.287 e. The minimum atomic E-state index is -0.187. The molecule has 2 heterocycles. The van der Waals surface area contributed by atoms with Crippen LogP contribution in [0, 0.1) is 0 Å². The van der Waals surface area contributed by atoms with E-state index in [4.69, 9.17) is 9.15 Å². The summed E-state index contributed by atoms with van der Waals surface area (Å²) in [5.74, 6) is 1.83. The summed E-state index contributed by atoms with van der Waals surface area (Å²) in [7, 11) is 1.63. The van der Waals surface area contributed by atoms with Crippen LogP contribution in [-0.4, -0.2) is 31.0 Å². The number of nitrogens with one attached hydrogen (secondary N) is 1. The van der Waals surface area contributed by atoms with E-state index in [9.17, 15) is 4.79 Å². The fourth-order valence-electron chi connectivity index (χ4n) is 2.76. The zero-order valence-electron chi connectivity index (χ0n) is 13.4. The number of ether oxygens (including phenoxy) is 1. The van der Waals surface area contributed by atoms with Gasteiger partial charge in [-0.3, -0.25) is 9.69 Å². The van der Waals surface area contributed by atoms with Crippen molar-refractivity contribution in [1.29, 1.82) is 0 Å². The lowest BCUT2D eigenvalue weighted by Gasteiger charge is -2.11. The van der Waals surface area contributed by atoms with Crippen LogP contribution in [0.5, 0.6) is 5.75 Å². The molecular formula is C18H22N2O3. The Morgan fingerprint density at radius 3 is 2.61 bits per heavy atom. The van der Waals surface area contributed by atoms with Crippen molar-refractivity contribution in [1.82, 2.24) is 10.2 Å². The van der Waals surface area contributed by atoms with Crippen molar-refractivity contribution < 1.29 is 13.9 Å². The van der Waals surface area contributed by atoms with E-state index in [1.807, 2.05) is 30.3 Å². The molecule has 3 rings (SSSR count). The van der Waals surface area contributed by atoms with Crippen molar-refractivity contribution in [3.05, 3.63) is 53.5 Å². The predicted molar refractivity (Wildman–Crippen MR) is 87.4 cm³/mol. The van der Waals surface area contributed by atoms with Gasteiger partial charge in [0.15, 0.2) is 5.76 Å². The Morgan fingerprint density at radius 1 is 1.17 bits per heavy atom. The first kappa shape index (κ1) is 15.6. The minimum absolute atomic E-state index is 0.187. The van der Waals surface area contributed by atoms with Gasteiger partial charge in [0, 0.05) is 6.54 Å². The molecular weight excluding hydrogens is 292 g/mol. The Hall–Kier alpha value is -2.27. The molecule has 0 spiro atoms. The van der Waals surface area contributed by atoms with Gasteiger partial charge in [-0.15, -0.1) is 0 Å². The van der Waals surface area contributed by atoms with Gasteiger partial charge < -0.3 is 14.5 Å². The molecule has 0 radical (unpaired) electrons. The van der Waals surface area contributed by atoms with Crippen LogP contribution in [0.4, 0.5) is 0 Å². The molecule has 1 aromatic heterocycles. The maximum Gasteiger partial charge on any atom is 0.287 e. The van der Waals surface area contributed by atoms with Gasteiger partial charge in [0.05, 0.1) is 13.7 Å². The molecule has 1 aliphatic heterocycles. The highest BCUT2D eigenvalue weighted by molar-refractivity contribution is 5.91. The van der Waals surface area contributed by atoms with Gasteiger partial charge in [-0.1, -0.05) is 12.1 Å². The van der Waals surface area contributed by atoms with E-state index >= 15 is 0 Å². The molecule has 122 valence electrons. The fraction of sp³-hybridized carbons (Fsp3) is 0.389. The molecule has 1 aromatic carbocycles. The number of amides is 1. The molecule has 0 bridgehead atoms. The summed E-state index contributed by atoms with van der Waals surface area (Å²) in [5, 5.41) is 2.87. The summed E-state index contributed by atoms with van der Waals surface area (Å²) in [6.07, 6.45) is 2.49. The van der Waals surface area contributed by atoms with E-state index in [2.05, 4.69) is 10.2 Å². The molecule has 5 heteroatoms. The van der Waals surface area contributed by atoms with Gasteiger partial charge in [-0.05, 0) is 55.8 Å². The summed E-state index contributed by atoms with van der Waals surface area (Å²) >= 11 is 0. The van der Waals surface area contributed by atoms with Gasteiger partial charge in [-0.2, -0.15) is 0 Å². The second-order valence-electron chi connectivity index (χ2n) is 5.78. The minimum Gasteiger partial charge on any atom is -0.497 e. The maximum atomic E-state index is 12.1. The predicted octanol–water partition coefficient (Wildman–Crippen LogP) is 2.81. The maximum absolute atomic E-state index is 12.1. The first-order valence-electron chi connectivity index (χ1n) is 7.97. The fourth-order valence-corrected chi connectivity index (χ4v) is 2.76. The SMILES string of the molecule is COc1ccc(CNC(=O)c2ccc(CN3CCCC3)o2)cc1. The number of rotatable bonds is 6. The molecule has 2 aromatic rings. The van der Waals surface area contributed by atoms with Crippen LogP contribution in [0.3, 0.4) is 0 Å². The van der Waals surface area contributed by atoms with Crippen LogP contribution in [-0.2, 0) is 13.1 Å². The number of likely N-dealkylation sites (tertiary alicyclic amines) is 1. The normalized spacial score (nSPS) is 14.8. The highest BCUT2D eigenvalue weighted by atomic mass is 16.5. The average molecular weight is 314 g/mol. The quantitative estimate of drug-likeness (QED) is 0.891. The molecule has 1 aliphatic rings. The molecule has 0 saturated carbocycles. The lowest BCUT2D eigenvalue weighted by molar-refractivity contribution is 0.0919. The standard InChI is InChI=1S/C18H22N2O3/c1-22-15-6-4-14(5-7-15)12-19-18(21)17-9-8-16(23-17)13-20-10-2-3-11-20/h4-9H,2-3,10-13H2,1H3,(H,19,21). The van der Waals surface area contributed by atoms with Crippen molar-refractivity contribution >= 4 is 5.91 Å². The molecule has 0 atom stereocenters. The lowest BCUT2D eigenvalue weighted by atomic mass is 10.2. The summed E-state index contributed by atoms with van der Waals surface area (Å²) in [6.45, 7) is 3.47. The van der Waals surface area contributed by atoms with Gasteiger partial charge in [0.2, 0.25) is 0 Å². The van der Waals surface area contributed by atoms with Crippen molar-refractivity contribution in [3.8, 4) is 5.75 Å².